The maximum absolute atomic E-state index is 13.7. The van der Waals surface area contributed by atoms with Crippen LogP contribution in [0.15, 0.2) is 42.0 Å². The number of ketones is 1. The number of hydrogen-bond donors (Lipinski definition) is 1. The third-order valence-corrected chi connectivity index (χ3v) is 6.17. The monoisotopic (exact) mass is 483 g/mol. The number of ether oxygens (including phenoxy) is 2. The fourth-order valence-electron chi connectivity index (χ4n) is 4.38. The van der Waals surface area contributed by atoms with Crippen molar-refractivity contribution in [3.8, 4) is 5.75 Å². The summed E-state index contributed by atoms with van der Waals surface area (Å²) in [6.07, 6.45) is 0.564. The van der Waals surface area contributed by atoms with Gasteiger partial charge < -0.3 is 19.5 Å². The third-order valence-electron chi connectivity index (χ3n) is 6.17. The van der Waals surface area contributed by atoms with Crippen molar-refractivity contribution in [3.63, 3.8) is 0 Å². The number of amides is 1. The average molecular weight is 484 g/mol. The molecule has 1 unspecified atom stereocenters. The quantitative estimate of drug-likeness (QED) is 0.221. The number of benzene rings is 2. The summed E-state index contributed by atoms with van der Waals surface area (Å²) >= 11 is 0. The van der Waals surface area contributed by atoms with Crippen LogP contribution >= 0.6 is 0 Å². The Labute approximate surface area is 206 Å². The highest BCUT2D eigenvalue weighted by atomic mass is 19.1. The van der Waals surface area contributed by atoms with Crippen LogP contribution in [0.5, 0.6) is 5.75 Å². The van der Waals surface area contributed by atoms with E-state index in [1.54, 1.807) is 13.2 Å². The van der Waals surface area contributed by atoms with Crippen LogP contribution in [0.1, 0.15) is 68.3 Å². The Morgan fingerprint density at radius 1 is 1.11 bits per heavy atom. The summed E-state index contributed by atoms with van der Waals surface area (Å²) in [5.74, 6) is -1.34. The standard InChI is InChI=1S/C28H34FNO5/c1-16(2)21-15-22(18(5)14-23(21)34-6)26(31)24-25(19-8-10-20(29)11-9-19)30(28(33)27(24)32)12-7-13-35-17(3)4/h8-11,14-17,25,31H,7,12-13H2,1-6H3/b26-24+. The van der Waals surface area contributed by atoms with Gasteiger partial charge in [0.05, 0.1) is 24.8 Å². The van der Waals surface area contributed by atoms with Gasteiger partial charge in [-0.3, -0.25) is 9.59 Å². The first-order valence-electron chi connectivity index (χ1n) is 11.9. The number of likely N-dealkylation sites (tertiary alicyclic amines) is 1. The number of rotatable bonds is 9. The molecule has 1 N–H and O–H groups in total. The van der Waals surface area contributed by atoms with Crippen molar-refractivity contribution >= 4 is 17.4 Å². The molecule has 7 heteroatoms. The number of hydrogen-bond acceptors (Lipinski definition) is 5. The summed E-state index contributed by atoms with van der Waals surface area (Å²) in [4.78, 5) is 27.8. The summed E-state index contributed by atoms with van der Waals surface area (Å²) in [6, 6.07) is 8.43. The van der Waals surface area contributed by atoms with Gasteiger partial charge in [-0.1, -0.05) is 26.0 Å². The molecule has 1 saturated heterocycles. The Morgan fingerprint density at radius 2 is 1.77 bits per heavy atom. The first kappa shape index (κ1) is 26.4. The smallest absolute Gasteiger partial charge is 0.295 e. The Balaban J connectivity index is 2.13. The largest absolute Gasteiger partial charge is 0.507 e. The number of carbonyl (C=O) groups is 2. The molecular weight excluding hydrogens is 449 g/mol. The van der Waals surface area contributed by atoms with E-state index < -0.39 is 23.5 Å². The highest BCUT2D eigenvalue weighted by molar-refractivity contribution is 6.46. The number of aryl methyl sites for hydroxylation is 1. The maximum Gasteiger partial charge on any atom is 0.295 e. The normalized spacial score (nSPS) is 17.6. The van der Waals surface area contributed by atoms with Crippen molar-refractivity contribution < 1.29 is 28.6 Å². The molecule has 0 spiro atoms. The molecule has 0 aromatic heterocycles. The molecular formula is C28H34FNO5. The van der Waals surface area contributed by atoms with Crippen LogP contribution in [0.2, 0.25) is 0 Å². The lowest BCUT2D eigenvalue weighted by molar-refractivity contribution is -0.140. The predicted molar refractivity (Wildman–Crippen MR) is 133 cm³/mol. The van der Waals surface area contributed by atoms with Crippen molar-refractivity contribution in [2.45, 2.75) is 59.1 Å². The lowest BCUT2D eigenvalue weighted by Gasteiger charge is -2.26. The number of Topliss-reactive ketones (excluding diaryl/α,β-unsaturated/α-hetero) is 1. The summed E-state index contributed by atoms with van der Waals surface area (Å²) in [5, 5.41) is 11.4. The molecule has 0 aliphatic carbocycles. The summed E-state index contributed by atoms with van der Waals surface area (Å²) in [5.41, 5.74) is 2.58. The summed E-state index contributed by atoms with van der Waals surface area (Å²) in [7, 11) is 1.59. The zero-order chi connectivity index (χ0) is 25.9. The molecule has 1 amide bonds. The molecule has 1 aliphatic heterocycles. The van der Waals surface area contributed by atoms with Crippen LogP contribution in [-0.4, -0.2) is 48.1 Å². The van der Waals surface area contributed by atoms with E-state index in [2.05, 4.69) is 0 Å². The van der Waals surface area contributed by atoms with Crippen LogP contribution in [-0.2, 0) is 14.3 Å². The molecule has 1 atom stereocenters. The molecule has 0 saturated carbocycles. The van der Waals surface area contributed by atoms with Crippen LogP contribution in [0.25, 0.3) is 5.76 Å². The zero-order valence-electron chi connectivity index (χ0n) is 21.2. The second-order valence-corrected chi connectivity index (χ2v) is 9.38. The van der Waals surface area contributed by atoms with Crippen molar-refractivity contribution in [2.24, 2.45) is 0 Å². The van der Waals surface area contributed by atoms with E-state index in [1.807, 2.05) is 40.7 Å². The van der Waals surface area contributed by atoms with Crippen molar-refractivity contribution in [3.05, 3.63) is 70.0 Å². The van der Waals surface area contributed by atoms with E-state index >= 15 is 0 Å². The number of carbonyl (C=O) groups excluding carboxylic acids is 2. The summed E-state index contributed by atoms with van der Waals surface area (Å²) in [6.45, 7) is 10.4. The Morgan fingerprint density at radius 3 is 2.34 bits per heavy atom. The molecule has 1 aliphatic rings. The minimum atomic E-state index is -0.835. The minimum absolute atomic E-state index is 0.00522. The van der Waals surface area contributed by atoms with Crippen LogP contribution in [0, 0.1) is 12.7 Å². The Hall–Kier alpha value is -3.19. The van der Waals surface area contributed by atoms with Gasteiger partial charge in [0.15, 0.2) is 0 Å². The highest BCUT2D eigenvalue weighted by Crippen LogP contribution is 2.41. The molecule has 0 bridgehead atoms. The molecule has 6 nitrogen and oxygen atoms in total. The van der Waals surface area contributed by atoms with Crippen molar-refractivity contribution in [1.82, 2.24) is 4.90 Å². The van der Waals surface area contributed by atoms with E-state index in [0.717, 1.165) is 5.56 Å². The molecule has 1 fully saturated rings. The van der Waals surface area contributed by atoms with Crippen LogP contribution in [0.3, 0.4) is 0 Å². The van der Waals surface area contributed by atoms with E-state index in [9.17, 15) is 19.1 Å². The Bertz CT molecular complexity index is 1120. The second kappa shape index (κ2) is 11.0. The summed E-state index contributed by atoms with van der Waals surface area (Å²) < 4.78 is 24.8. The van der Waals surface area contributed by atoms with E-state index in [-0.39, 0.29) is 29.9 Å². The van der Waals surface area contributed by atoms with Gasteiger partial charge in [0, 0.05) is 18.7 Å². The van der Waals surface area contributed by atoms with Gasteiger partial charge in [-0.05, 0) is 74.1 Å². The lowest BCUT2D eigenvalue weighted by Crippen LogP contribution is -2.31. The number of aliphatic hydroxyl groups is 1. The van der Waals surface area contributed by atoms with Gasteiger partial charge in [0.25, 0.3) is 11.7 Å². The van der Waals surface area contributed by atoms with Gasteiger partial charge in [0.1, 0.15) is 17.3 Å². The number of halogens is 1. The van der Waals surface area contributed by atoms with Gasteiger partial charge in [-0.25, -0.2) is 4.39 Å². The zero-order valence-corrected chi connectivity index (χ0v) is 21.2. The lowest BCUT2D eigenvalue weighted by atomic mass is 9.91. The van der Waals surface area contributed by atoms with E-state index in [0.29, 0.717) is 35.5 Å². The topological polar surface area (TPSA) is 76.1 Å². The minimum Gasteiger partial charge on any atom is -0.507 e. The third kappa shape index (κ3) is 5.56. The molecule has 2 aromatic carbocycles. The number of nitrogens with zero attached hydrogens (tertiary/aromatic N) is 1. The highest BCUT2D eigenvalue weighted by Gasteiger charge is 2.46. The first-order valence-corrected chi connectivity index (χ1v) is 11.9. The molecule has 0 radical (unpaired) electrons. The van der Waals surface area contributed by atoms with E-state index in [1.165, 1.54) is 29.2 Å². The van der Waals surface area contributed by atoms with Crippen molar-refractivity contribution in [2.75, 3.05) is 20.3 Å². The second-order valence-electron chi connectivity index (χ2n) is 9.38. The molecule has 188 valence electrons. The van der Waals surface area contributed by atoms with E-state index in [4.69, 9.17) is 9.47 Å². The molecule has 35 heavy (non-hydrogen) atoms. The maximum atomic E-state index is 13.7. The Kier molecular flexibility index (Phi) is 8.33. The number of aliphatic hydroxyl groups excluding tert-OH is 1. The van der Waals surface area contributed by atoms with Crippen LogP contribution < -0.4 is 4.74 Å². The molecule has 2 aromatic rings. The SMILES string of the molecule is COc1cc(C)c(/C(O)=C2\C(=O)C(=O)N(CCCOC(C)C)C2c2ccc(F)cc2)cc1C(C)C. The van der Waals surface area contributed by atoms with Gasteiger partial charge in [-0.15, -0.1) is 0 Å². The van der Waals surface area contributed by atoms with Gasteiger partial charge in [-0.2, -0.15) is 0 Å². The fourth-order valence-corrected chi connectivity index (χ4v) is 4.38. The molecule has 1 heterocycles. The predicted octanol–water partition coefficient (Wildman–Crippen LogP) is 5.50. The van der Waals surface area contributed by atoms with Gasteiger partial charge >= 0.3 is 0 Å². The van der Waals surface area contributed by atoms with Crippen LogP contribution in [0.4, 0.5) is 4.39 Å². The van der Waals surface area contributed by atoms with Crippen molar-refractivity contribution in [1.29, 1.82) is 0 Å². The first-order chi connectivity index (χ1) is 16.6. The van der Waals surface area contributed by atoms with Gasteiger partial charge in [0.2, 0.25) is 0 Å². The average Bonchev–Trinajstić information content (AvgIpc) is 3.06. The molecule has 3 rings (SSSR count). The number of methoxy groups -OCH3 is 1. The fraction of sp³-hybridized carbons (Fsp3) is 0.429.